The monoisotopic (exact) mass is 212 g/mol. The predicted molar refractivity (Wildman–Crippen MR) is 67.3 cm³/mol. The van der Waals surface area contributed by atoms with Crippen LogP contribution in [0.4, 0.5) is 0 Å². The quantitative estimate of drug-likeness (QED) is 0.681. The summed E-state index contributed by atoms with van der Waals surface area (Å²) in [7, 11) is 0. The molecule has 0 aromatic carbocycles. The van der Waals surface area contributed by atoms with Gasteiger partial charge in [0.15, 0.2) is 0 Å². The second-order valence-corrected chi connectivity index (χ2v) is 4.71. The maximum absolute atomic E-state index is 3.53. The number of likely N-dealkylation sites (tertiary alicyclic amines) is 1. The van der Waals surface area contributed by atoms with Gasteiger partial charge in [-0.1, -0.05) is 32.6 Å². The van der Waals surface area contributed by atoms with Crippen LogP contribution in [-0.4, -0.2) is 37.6 Å². The van der Waals surface area contributed by atoms with Gasteiger partial charge in [0, 0.05) is 13.1 Å². The third-order valence-electron chi connectivity index (χ3n) is 3.26. The van der Waals surface area contributed by atoms with Gasteiger partial charge in [-0.05, 0) is 38.9 Å². The molecule has 1 heterocycles. The number of rotatable bonds is 6. The molecule has 0 aromatic rings. The molecule has 2 nitrogen and oxygen atoms in total. The average molecular weight is 212 g/mol. The second-order valence-electron chi connectivity index (χ2n) is 4.71. The van der Waals surface area contributed by atoms with Gasteiger partial charge >= 0.3 is 0 Å². The maximum atomic E-state index is 3.53. The van der Waals surface area contributed by atoms with Gasteiger partial charge in [0.2, 0.25) is 0 Å². The van der Waals surface area contributed by atoms with Crippen LogP contribution >= 0.6 is 0 Å². The van der Waals surface area contributed by atoms with Crippen molar-refractivity contribution in [2.24, 2.45) is 0 Å². The van der Waals surface area contributed by atoms with E-state index in [1.807, 2.05) is 0 Å². The van der Waals surface area contributed by atoms with Crippen molar-refractivity contribution < 1.29 is 0 Å². The highest BCUT2D eigenvalue weighted by atomic mass is 15.1. The molecule has 0 radical (unpaired) electrons. The molecular formula is C13H28N2. The molecule has 1 fully saturated rings. The first-order valence-corrected chi connectivity index (χ1v) is 6.86. The van der Waals surface area contributed by atoms with E-state index in [-0.39, 0.29) is 0 Å². The third kappa shape index (κ3) is 6.91. The number of nitrogens with one attached hydrogen (secondary N) is 1. The third-order valence-corrected chi connectivity index (χ3v) is 3.26. The summed E-state index contributed by atoms with van der Waals surface area (Å²) in [5.41, 5.74) is 0. The standard InChI is InChI=1S/C13H28N2/c1-2-3-9-14-10-13-15-11-7-5-4-6-8-12-15/h14H,2-13H2,1H3. The van der Waals surface area contributed by atoms with E-state index in [0.717, 1.165) is 0 Å². The summed E-state index contributed by atoms with van der Waals surface area (Å²) in [6.45, 7) is 8.54. The van der Waals surface area contributed by atoms with Crippen LogP contribution < -0.4 is 5.32 Å². The van der Waals surface area contributed by atoms with E-state index >= 15 is 0 Å². The van der Waals surface area contributed by atoms with Crippen LogP contribution in [0.15, 0.2) is 0 Å². The summed E-state index contributed by atoms with van der Waals surface area (Å²) in [6.07, 6.45) is 9.79. The minimum Gasteiger partial charge on any atom is -0.315 e. The Hall–Kier alpha value is -0.0800. The van der Waals surface area contributed by atoms with E-state index in [1.54, 1.807) is 0 Å². The Balaban J connectivity index is 1.97. The van der Waals surface area contributed by atoms with Gasteiger partial charge in [0.05, 0.1) is 0 Å². The predicted octanol–water partition coefficient (Wildman–Crippen LogP) is 2.64. The van der Waals surface area contributed by atoms with Crippen molar-refractivity contribution in [3.8, 4) is 0 Å². The Bertz CT molecular complexity index is 128. The minimum atomic E-state index is 1.18. The Morgan fingerprint density at radius 1 is 0.933 bits per heavy atom. The summed E-state index contributed by atoms with van der Waals surface area (Å²) in [5, 5.41) is 3.53. The van der Waals surface area contributed by atoms with Crippen LogP contribution in [-0.2, 0) is 0 Å². The normalized spacial score (nSPS) is 19.8. The highest BCUT2D eigenvalue weighted by Gasteiger charge is 2.06. The van der Waals surface area contributed by atoms with Crippen molar-refractivity contribution >= 4 is 0 Å². The molecule has 0 aromatic heterocycles. The van der Waals surface area contributed by atoms with Gasteiger partial charge in [0.25, 0.3) is 0 Å². The lowest BCUT2D eigenvalue weighted by molar-refractivity contribution is 0.247. The Morgan fingerprint density at radius 2 is 1.60 bits per heavy atom. The molecule has 0 spiro atoms. The molecule has 15 heavy (non-hydrogen) atoms. The molecule has 0 bridgehead atoms. The zero-order valence-corrected chi connectivity index (χ0v) is 10.4. The molecule has 1 aliphatic rings. The van der Waals surface area contributed by atoms with E-state index in [9.17, 15) is 0 Å². The molecule has 1 aliphatic heterocycles. The van der Waals surface area contributed by atoms with E-state index in [4.69, 9.17) is 0 Å². The first-order chi connectivity index (χ1) is 7.43. The largest absolute Gasteiger partial charge is 0.315 e. The summed E-state index contributed by atoms with van der Waals surface area (Å²) >= 11 is 0. The fourth-order valence-corrected chi connectivity index (χ4v) is 2.20. The summed E-state index contributed by atoms with van der Waals surface area (Å²) in [6, 6.07) is 0. The van der Waals surface area contributed by atoms with Crippen molar-refractivity contribution in [2.75, 3.05) is 32.7 Å². The Morgan fingerprint density at radius 3 is 2.27 bits per heavy atom. The van der Waals surface area contributed by atoms with Crippen LogP contribution in [0.25, 0.3) is 0 Å². The number of hydrogen-bond acceptors (Lipinski definition) is 2. The van der Waals surface area contributed by atoms with Gasteiger partial charge in [0.1, 0.15) is 0 Å². The highest BCUT2D eigenvalue weighted by Crippen LogP contribution is 2.09. The zero-order chi connectivity index (χ0) is 10.8. The lowest BCUT2D eigenvalue weighted by atomic mass is 10.1. The minimum absolute atomic E-state index is 1.18. The van der Waals surface area contributed by atoms with E-state index in [2.05, 4.69) is 17.1 Å². The first-order valence-electron chi connectivity index (χ1n) is 6.86. The molecule has 1 rings (SSSR count). The van der Waals surface area contributed by atoms with Crippen molar-refractivity contribution in [1.29, 1.82) is 0 Å². The van der Waals surface area contributed by atoms with Crippen LogP contribution in [0.3, 0.4) is 0 Å². The number of hydrogen-bond donors (Lipinski definition) is 1. The highest BCUT2D eigenvalue weighted by molar-refractivity contribution is 4.63. The Labute approximate surface area is 95.4 Å². The fourth-order valence-electron chi connectivity index (χ4n) is 2.20. The first kappa shape index (κ1) is 13.0. The maximum Gasteiger partial charge on any atom is 0.0107 e. The van der Waals surface area contributed by atoms with Gasteiger partial charge in [-0.3, -0.25) is 0 Å². The molecule has 90 valence electrons. The van der Waals surface area contributed by atoms with E-state index < -0.39 is 0 Å². The summed E-state index contributed by atoms with van der Waals surface area (Å²) in [4.78, 5) is 2.64. The SMILES string of the molecule is CCCCNCCN1CCCCCCC1. The number of nitrogens with zero attached hydrogens (tertiary/aromatic N) is 1. The van der Waals surface area contributed by atoms with Crippen molar-refractivity contribution in [3.63, 3.8) is 0 Å². The van der Waals surface area contributed by atoms with Gasteiger partial charge in [-0.2, -0.15) is 0 Å². The molecule has 0 unspecified atom stereocenters. The van der Waals surface area contributed by atoms with E-state index in [1.165, 1.54) is 77.7 Å². The lowest BCUT2D eigenvalue weighted by Crippen LogP contribution is -2.34. The number of unbranched alkanes of at least 4 members (excludes halogenated alkanes) is 1. The van der Waals surface area contributed by atoms with Crippen LogP contribution in [0.5, 0.6) is 0 Å². The van der Waals surface area contributed by atoms with E-state index in [0.29, 0.717) is 0 Å². The smallest absolute Gasteiger partial charge is 0.0107 e. The lowest BCUT2D eigenvalue weighted by Gasteiger charge is -2.24. The average Bonchev–Trinajstić information content (AvgIpc) is 2.20. The Kier molecular flexibility index (Phi) is 7.94. The van der Waals surface area contributed by atoms with Crippen LogP contribution in [0, 0.1) is 0 Å². The van der Waals surface area contributed by atoms with Crippen molar-refractivity contribution in [3.05, 3.63) is 0 Å². The topological polar surface area (TPSA) is 15.3 Å². The molecule has 2 heteroatoms. The van der Waals surface area contributed by atoms with Crippen molar-refractivity contribution in [1.82, 2.24) is 10.2 Å². The summed E-state index contributed by atoms with van der Waals surface area (Å²) in [5.74, 6) is 0. The fraction of sp³-hybridized carbons (Fsp3) is 1.00. The van der Waals surface area contributed by atoms with Crippen LogP contribution in [0.1, 0.15) is 51.9 Å². The molecule has 1 N–H and O–H groups in total. The molecular weight excluding hydrogens is 184 g/mol. The molecule has 0 aliphatic carbocycles. The summed E-state index contributed by atoms with van der Waals surface area (Å²) < 4.78 is 0. The molecule has 0 amide bonds. The zero-order valence-electron chi connectivity index (χ0n) is 10.4. The van der Waals surface area contributed by atoms with Gasteiger partial charge in [-0.15, -0.1) is 0 Å². The second kappa shape index (κ2) is 9.17. The molecule has 0 atom stereocenters. The molecule has 0 saturated carbocycles. The van der Waals surface area contributed by atoms with Gasteiger partial charge < -0.3 is 10.2 Å². The van der Waals surface area contributed by atoms with Crippen LogP contribution in [0.2, 0.25) is 0 Å². The van der Waals surface area contributed by atoms with Gasteiger partial charge in [-0.25, -0.2) is 0 Å². The molecule has 1 saturated heterocycles. The van der Waals surface area contributed by atoms with Crippen molar-refractivity contribution in [2.45, 2.75) is 51.9 Å².